The number of fused-ring (bicyclic) bond motifs is 1. The predicted octanol–water partition coefficient (Wildman–Crippen LogP) is 1.77. The number of ketones is 1. The van der Waals surface area contributed by atoms with Crippen LogP contribution in [0.25, 0.3) is 0 Å². The topological polar surface area (TPSA) is 26.3 Å². The Balaban J connectivity index is 2.58. The molecule has 4 radical (unpaired) electrons. The summed E-state index contributed by atoms with van der Waals surface area (Å²) in [5.41, 5.74) is 1.42. The van der Waals surface area contributed by atoms with Crippen LogP contribution in [0.15, 0.2) is 12.1 Å². The van der Waals surface area contributed by atoms with Crippen LogP contribution in [0.2, 0.25) is 0 Å². The van der Waals surface area contributed by atoms with Gasteiger partial charge in [-0.1, -0.05) is 0 Å². The van der Waals surface area contributed by atoms with Gasteiger partial charge in [0, 0.05) is 6.42 Å². The largest absolute Gasteiger partial charge is 0.492 e. The monoisotopic (exact) mass is 172 g/mol. The zero-order valence-electron chi connectivity index (χ0n) is 7.04. The van der Waals surface area contributed by atoms with E-state index >= 15 is 0 Å². The summed E-state index contributed by atoms with van der Waals surface area (Å²) in [6.45, 7) is 11.6. The molecule has 0 N–H and O–H groups in total. The molecule has 2 heteroatoms. The summed E-state index contributed by atoms with van der Waals surface area (Å²) in [4.78, 5) is 11.4. The molecule has 1 aliphatic heterocycles. The molecule has 0 atom stereocenters. The van der Waals surface area contributed by atoms with Crippen molar-refractivity contribution in [2.45, 2.75) is 6.42 Å². The highest BCUT2D eigenvalue weighted by molar-refractivity contribution is 6.00. The summed E-state index contributed by atoms with van der Waals surface area (Å²) in [6.07, 6.45) is 0.413. The molecule has 1 aromatic rings. The van der Waals surface area contributed by atoms with E-state index in [4.69, 9.17) is 18.6 Å². The second kappa shape index (κ2) is 2.87. The van der Waals surface area contributed by atoms with E-state index in [-0.39, 0.29) is 5.78 Å². The SMILES string of the molecule is [CH]c1cc2c(cc1[CH])C(=O)CCO2. The molecule has 0 aliphatic carbocycles. The quantitative estimate of drug-likeness (QED) is 0.596. The van der Waals surface area contributed by atoms with Gasteiger partial charge in [-0.25, -0.2) is 0 Å². The van der Waals surface area contributed by atoms with Gasteiger partial charge >= 0.3 is 0 Å². The van der Waals surface area contributed by atoms with Crippen LogP contribution in [-0.4, -0.2) is 12.4 Å². The predicted molar refractivity (Wildman–Crippen MR) is 47.7 cm³/mol. The first-order chi connectivity index (χ1) is 6.18. The first kappa shape index (κ1) is 8.30. The lowest BCUT2D eigenvalue weighted by Crippen LogP contribution is -2.15. The summed E-state index contributed by atoms with van der Waals surface area (Å²) in [5.74, 6) is 0.607. The number of hydrogen-bond acceptors (Lipinski definition) is 2. The molecule has 0 fully saturated rings. The minimum absolute atomic E-state index is 0.0629. The Labute approximate surface area is 77.5 Å². The van der Waals surface area contributed by atoms with E-state index in [2.05, 4.69) is 0 Å². The zero-order chi connectivity index (χ0) is 9.42. The lowest BCUT2D eigenvalue weighted by atomic mass is 9.99. The fourth-order valence-corrected chi connectivity index (χ4v) is 1.34. The van der Waals surface area contributed by atoms with E-state index in [1.54, 1.807) is 12.1 Å². The van der Waals surface area contributed by atoms with Crippen LogP contribution in [0.1, 0.15) is 27.9 Å². The normalized spacial score (nSPS) is 15.1. The Hall–Kier alpha value is -1.31. The van der Waals surface area contributed by atoms with Crippen molar-refractivity contribution in [3.05, 3.63) is 42.7 Å². The molecular weight excluding hydrogens is 164 g/mol. The molecule has 2 nitrogen and oxygen atoms in total. The van der Waals surface area contributed by atoms with Crippen molar-refractivity contribution in [3.8, 4) is 5.75 Å². The van der Waals surface area contributed by atoms with Gasteiger partial charge in [-0.3, -0.25) is 4.79 Å². The number of Topliss-reactive ketones (excluding diaryl/α,β-unsaturated/α-hetero) is 1. The third-order valence-corrected chi connectivity index (χ3v) is 2.07. The molecule has 0 bridgehead atoms. The lowest BCUT2D eigenvalue weighted by molar-refractivity contribution is 0.0933. The molecule has 64 valence electrons. The Kier molecular flexibility index (Phi) is 1.83. The molecule has 1 heterocycles. The molecule has 0 amide bonds. The van der Waals surface area contributed by atoms with Crippen molar-refractivity contribution in [2.75, 3.05) is 6.61 Å². The second-order valence-corrected chi connectivity index (χ2v) is 3.00. The number of benzene rings is 1. The number of hydrogen-bond donors (Lipinski definition) is 0. The van der Waals surface area contributed by atoms with Crippen molar-refractivity contribution in [2.24, 2.45) is 0 Å². The number of rotatable bonds is 0. The maximum atomic E-state index is 11.4. The van der Waals surface area contributed by atoms with Gasteiger partial charge in [0.15, 0.2) is 5.78 Å². The first-order valence-corrected chi connectivity index (χ1v) is 4.03. The summed E-state index contributed by atoms with van der Waals surface area (Å²) in [5, 5.41) is 0. The van der Waals surface area contributed by atoms with E-state index in [1.807, 2.05) is 0 Å². The third kappa shape index (κ3) is 1.32. The minimum atomic E-state index is 0.0629. The summed E-state index contributed by atoms with van der Waals surface area (Å²) in [6, 6.07) is 3.17. The van der Waals surface area contributed by atoms with Crippen molar-refractivity contribution in [1.82, 2.24) is 0 Å². The molecule has 0 unspecified atom stereocenters. The van der Waals surface area contributed by atoms with Crippen LogP contribution in [0, 0.1) is 13.8 Å². The molecule has 1 aliphatic rings. The molecule has 13 heavy (non-hydrogen) atoms. The Morgan fingerprint density at radius 1 is 1.23 bits per heavy atom. The van der Waals surface area contributed by atoms with Crippen LogP contribution in [0.3, 0.4) is 0 Å². The van der Waals surface area contributed by atoms with E-state index in [9.17, 15) is 4.79 Å². The van der Waals surface area contributed by atoms with Gasteiger partial charge in [-0.05, 0) is 37.1 Å². The highest BCUT2D eigenvalue weighted by Gasteiger charge is 2.18. The van der Waals surface area contributed by atoms with Crippen molar-refractivity contribution >= 4 is 5.78 Å². The Morgan fingerprint density at radius 3 is 2.69 bits per heavy atom. The van der Waals surface area contributed by atoms with Gasteiger partial charge in [0.2, 0.25) is 0 Å². The zero-order valence-corrected chi connectivity index (χ0v) is 7.04. The fourth-order valence-electron chi connectivity index (χ4n) is 1.34. The summed E-state index contributed by atoms with van der Waals surface area (Å²) in [7, 11) is 0. The molecule has 0 spiro atoms. The van der Waals surface area contributed by atoms with Gasteiger partial charge in [-0.15, -0.1) is 0 Å². The van der Waals surface area contributed by atoms with Gasteiger partial charge in [-0.2, -0.15) is 0 Å². The fraction of sp³-hybridized carbons (Fsp3) is 0.182. The number of carbonyl (C=O) groups is 1. The maximum Gasteiger partial charge on any atom is 0.170 e. The highest BCUT2D eigenvalue weighted by Crippen LogP contribution is 2.27. The average Bonchev–Trinajstić information content (AvgIpc) is 2.09. The third-order valence-electron chi connectivity index (χ3n) is 2.07. The van der Waals surface area contributed by atoms with Crippen molar-refractivity contribution < 1.29 is 9.53 Å². The molecule has 0 aromatic heterocycles. The van der Waals surface area contributed by atoms with E-state index < -0.39 is 0 Å². The first-order valence-electron chi connectivity index (χ1n) is 4.03. The van der Waals surface area contributed by atoms with Crippen LogP contribution >= 0.6 is 0 Å². The molecule has 0 saturated carbocycles. The molecule has 2 rings (SSSR count). The van der Waals surface area contributed by atoms with Gasteiger partial charge in [0.1, 0.15) is 5.75 Å². The van der Waals surface area contributed by atoms with Gasteiger partial charge in [0.05, 0.1) is 12.2 Å². The Morgan fingerprint density at radius 2 is 1.92 bits per heavy atom. The van der Waals surface area contributed by atoms with Crippen LogP contribution < -0.4 is 4.74 Å². The van der Waals surface area contributed by atoms with E-state index in [1.165, 1.54) is 0 Å². The standard InChI is InChI=1S/C11H8O2/c1-7-5-9-10(12)3-4-13-11(9)6-8(7)2/h1-2,5-6H,3-4H2. The Bertz CT molecular complexity index is 367. The average molecular weight is 172 g/mol. The summed E-state index contributed by atoms with van der Waals surface area (Å²) < 4.78 is 5.27. The van der Waals surface area contributed by atoms with E-state index in [0.29, 0.717) is 35.5 Å². The summed E-state index contributed by atoms with van der Waals surface area (Å²) >= 11 is 0. The number of ether oxygens (including phenoxy) is 1. The van der Waals surface area contributed by atoms with Crippen LogP contribution in [-0.2, 0) is 0 Å². The highest BCUT2D eigenvalue weighted by atomic mass is 16.5. The van der Waals surface area contributed by atoms with Gasteiger partial charge < -0.3 is 4.74 Å². The molecular formula is C11H8O2. The molecule has 0 saturated heterocycles. The smallest absolute Gasteiger partial charge is 0.170 e. The maximum absolute atomic E-state index is 11.4. The van der Waals surface area contributed by atoms with Crippen molar-refractivity contribution in [3.63, 3.8) is 0 Å². The van der Waals surface area contributed by atoms with Crippen LogP contribution in [0.5, 0.6) is 5.75 Å². The van der Waals surface area contributed by atoms with Gasteiger partial charge in [0.25, 0.3) is 0 Å². The minimum Gasteiger partial charge on any atom is -0.492 e. The van der Waals surface area contributed by atoms with Crippen molar-refractivity contribution in [1.29, 1.82) is 0 Å². The molecule has 1 aromatic carbocycles. The van der Waals surface area contributed by atoms with Crippen LogP contribution in [0.4, 0.5) is 0 Å². The second-order valence-electron chi connectivity index (χ2n) is 3.00. The number of carbonyl (C=O) groups excluding carboxylic acids is 1. The van der Waals surface area contributed by atoms with E-state index in [0.717, 1.165) is 0 Å². The lowest BCUT2D eigenvalue weighted by Gasteiger charge is -2.17.